The summed E-state index contributed by atoms with van der Waals surface area (Å²) in [5, 5.41) is 3.55. The van der Waals surface area contributed by atoms with Gasteiger partial charge in [-0.25, -0.2) is 0 Å². The molecule has 2 heteroatoms. The molecule has 3 rings (SSSR count). The van der Waals surface area contributed by atoms with E-state index in [0.717, 1.165) is 6.54 Å². The van der Waals surface area contributed by atoms with Crippen LogP contribution in [0.4, 0.5) is 5.69 Å². The molecule has 1 fully saturated rings. The molecular weight excluding hydrogens is 232 g/mol. The van der Waals surface area contributed by atoms with Crippen LogP contribution in [-0.4, -0.2) is 31.1 Å². The van der Waals surface area contributed by atoms with E-state index in [1.54, 1.807) is 0 Å². The summed E-state index contributed by atoms with van der Waals surface area (Å²) in [7, 11) is 0. The van der Waals surface area contributed by atoms with Crippen LogP contribution < -0.4 is 5.32 Å². The smallest absolute Gasteiger partial charge is 0.0376 e. The van der Waals surface area contributed by atoms with Gasteiger partial charge in [0, 0.05) is 31.2 Å². The molecule has 0 aliphatic carbocycles. The van der Waals surface area contributed by atoms with Crippen LogP contribution in [0, 0.1) is 5.41 Å². The van der Waals surface area contributed by atoms with Crippen molar-refractivity contribution in [3.63, 3.8) is 0 Å². The summed E-state index contributed by atoms with van der Waals surface area (Å²) < 4.78 is 0. The zero-order valence-electron chi connectivity index (χ0n) is 12.3. The third kappa shape index (κ3) is 2.38. The molecule has 0 radical (unpaired) electrons. The average molecular weight is 258 g/mol. The predicted molar refractivity (Wildman–Crippen MR) is 81.7 cm³/mol. The number of nitrogens with zero attached hydrogens (tertiary/aromatic N) is 1. The molecule has 104 valence electrons. The Labute approximate surface area is 117 Å². The molecule has 0 bridgehead atoms. The lowest BCUT2D eigenvalue weighted by Gasteiger charge is -2.27. The highest BCUT2D eigenvalue weighted by molar-refractivity contribution is 5.57. The van der Waals surface area contributed by atoms with Gasteiger partial charge in [0.15, 0.2) is 0 Å². The summed E-state index contributed by atoms with van der Waals surface area (Å²) in [6.45, 7) is 9.66. The van der Waals surface area contributed by atoms with Gasteiger partial charge in [-0.3, -0.25) is 0 Å². The number of hydrogen-bond donors (Lipinski definition) is 1. The van der Waals surface area contributed by atoms with E-state index in [2.05, 4.69) is 48.3 Å². The first kappa shape index (κ1) is 13.0. The SMILES string of the molecule is CCC1(CC)CCN(CC2CNc3ccccc32)C1. The molecule has 1 unspecified atom stereocenters. The molecule has 0 amide bonds. The molecule has 1 aromatic carbocycles. The number of fused-ring (bicyclic) bond motifs is 1. The van der Waals surface area contributed by atoms with Gasteiger partial charge in [0.05, 0.1) is 0 Å². The topological polar surface area (TPSA) is 15.3 Å². The number of para-hydroxylation sites is 1. The molecular formula is C17H26N2. The van der Waals surface area contributed by atoms with Crippen LogP contribution in [0.25, 0.3) is 0 Å². The zero-order chi connectivity index (χ0) is 13.3. The molecule has 0 spiro atoms. The van der Waals surface area contributed by atoms with E-state index < -0.39 is 0 Å². The summed E-state index contributed by atoms with van der Waals surface area (Å²) >= 11 is 0. The van der Waals surface area contributed by atoms with E-state index in [9.17, 15) is 0 Å². The highest BCUT2D eigenvalue weighted by Crippen LogP contribution is 2.39. The fourth-order valence-corrected chi connectivity index (χ4v) is 3.84. The minimum absolute atomic E-state index is 0.603. The van der Waals surface area contributed by atoms with Gasteiger partial charge in [0.25, 0.3) is 0 Å². The maximum Gasteiger partial charge on any atom is 0.0376 e. The van der Waals surface area contributed by atoms with E-state index in [0.29, 0.717) is 11.3 Å². The van der Waals surface area contributed by atoms with Crippen molar-refractivity contribution < 1.29 is 0 Å². The minimum Gasteiger partial charge on any atom is -0.384 e. The second kappa shape index (κ2) is 5.16. The summed E-state index contributed by atoms with van der Waals surface area (Å²) in [6, 6.07) is 8.80. The van der Waals surface area contributed by atoms with Crippen LogP contribution in [0.15, 0.2) is 24.3 Å². The maximum absolute atomic E-state index is 3.55. The Hall–Kier alpha value is -1.02. The second-order valence-corrected chi connectivity index (χ2v) is 6.36. The Morgan fingerprint density at radius 2 is 2.05 bits per heavy atom. The molecule has 1 aromatic rings. The normalized spacial score (nSPS) is 25.3. The molecule has 2 heterocycles. The Morgan fingerprint density at radius 1 is 1.26 bits per heavy atom. The maximum atomic E-state index is 3.55. The Kier molecular flexibility index (Phi) is 3.53. The average Bonchev–Trinajstić information content (AvgIpc) is 3.05. The van der Waals surface area contributed by atoms with Crippen LogP contribution in [0.3, 0.4) is 0 Å². The lowest BCUT2D eigenvalue weighted by atomic mass is 9.82. The molecule has 2 nitrogen and oxygen atoms in total. The first-order valence-corrected chi connectivity index (χ1v) is 7.81. The molecule has 2 aliphatic heterocycles. The monoisotopic (exact) mass is 258 g/mol. The molecule has 1 N–H and O–H groups in total. The van der Waals surface area contributed by atoms with Crippen LogP contribution in [0.2, 0.25) is 0 Å². The summed E-state index contributed by atoms with van der Waals surface area (Å²) in [6.07, 6.45) is 4.06. The minimum atomic E-state index is 0.603. The number of hydrogen-bond acceptors (Lipinski definition) is 2. The van der Waals surface area contributed by atoms with E-state index in [1.165, 1.54) is 50.1 Å². The van der Waals surface area contributed by atoms with Crippen molar-refractivity contribution in [2.45, 2.75) is 39.0 Å². The van der Waals surface area contributed by atoms with Crippen molar-refractivity contribution in [2.24, 2.45) is 5.41 Å². The van der Waals surface area contributed by atoms with Crippen molar-refractivity contribution in [3.8, 4) is 0 Å². The van der Waals surface area contributed by atoms with Gasteiger partial charge in [-0.15, -0.1) is 0 Å². The number of rotatable bonds is 4. The lowest BCUT2D eigenvalue weighted by Crippen LogP contribution is -2.30. The van der Waals surface area contributed by atoms with E-state index in [4.69, 9.17) is 0 Å². The van der Waals surface area contributed by atoms with Crippen LogP contribution in [0.5, 0.6) is 0 Å². The first-order chi connectivity index (χ1) is 9.26. The molecule has 19 heavy (non-hydrogen) atoms. The Bertz CT molecular complexity index is 437. The second-order valence-electron chi connectivity index (χ2n) is 6.36. The molecule has 0 aromatic heterocycles. The van der Waals surface area contributed by atoms with Crippen molar-refractivity contribution in [1.29, 1.82) is 0 Å². The molecule has 1 atom stereocenters. The third-order valence-corrected chi connectivity index (χ3v) is 5.44. The Balaban J connectivity index is 1.65. The number of nitrogens with one attached hydrogen (secondary N) is 1. The summed E-state index contributed by atoms with van der Waals surface area (Å²) in [4.78, 5) is 2.70. The fourth-order valence-electron chi connectivity index (χ4n) is 3.84. The van der Waals surface area contributed by atoms with Crippen molar-refractivity contribution in [1.82, 2.24) is 4.90 Å². The summed E-state index contributed by atoms with van der Waals surface area (Å²) in [5.74, 6) is 0.681. The zero-order valence-corrected chi connectivity index (χ0v) is 12.3. The number of likely N-dealkylation sites (tertiary alicyclic amines) is 1. The lowest BCUT2D eigenvalue weighted by molar-refractivity contribution is 0.234. The van der Waals surface area contributed by atoms with Crippen molar-refractivity contribution in [2.75, 3.05) is 31.5 Å². The highest BCUT2D eigenvalue weighted by Gasteiger charge is 2.36. The van der Waals surface area contributed by atoms with E-state index in [-0.39, 0.29) is 0 Å². The van der Waals surface area contributed by atoms with Crippen LogP contribution >= 0.6 is 0 Å². The van der Waals surface area contributed by atoms with Gasteiger partial charge in [0.1, 0.15) is 0 Å². The van der Waals surface area contributed by atoms with Gasteiger partial charge in [0.2, 0.25) is 0 Å². The van der Waals surface area contributed by atoms with Crippen LogP contribution in [0.1, 0.15) is 44.6 Å². The standard InChI is InChI=1S/C17H26N2/c1-3-17(4-2)9-10-19(13-17)12-14-11-18-16-8-6-5-7-15(14)16/h5-8,14,18H,3-4,9-13H2,1-2H3. The van der Waals surface area contributed by atoms with Crippen LogP contribution in [-0.2, 0) is 0 Å². The molecule has 0 saturated carbocycles. The molecule has 1 saturated heterocycles. The summed E-state index contributed by atoms with van der Waals surface area (Å²) in [5.41, 5.74) is 3.47. The van der Waals surface area contributed by atoms with Gasteiger partial charge in [-0.2, -0.15) is 0 Å². The van der Waals surface area contributed by atoms with Crippen molar-refractivity contribution >= 4 is 5.69 Å². The quantitative estimate of drug-likeness (QED) is 0.885. The van der Waals surface area contributed by atoms with Gasteiger partial charge >= 0.3 is 0 Å². The van der Waals surface area contributed by atoms with Gasteiger partial charge < -0.3 is 10.2 Å². The van der Waals surface area contributed by atoms with Gasteiger partial charge in [-0.1, -0.05) is 32.0 Å². The number of benzene rings is 1. The fraction of sp³-hybridized carbons (Fsp3) is 0.647. The van der Waals surface area contributed by atoms with Gasteiger partial charge in [-0.05, 0) is 42.9 Å². The largest absolute Gasteiger partial charge is 0.384 e. The van der Waals surface area contributed by atoms with E-state index in [1.807, 2.05) is 0 Å². The predicted octanol–water partition coefficient (Wildman–Crippen LogP) is 3.71. The highest BCUT2D eigenvalue weighted by atomic mass is 15.2. The van der Waals surface area contributed by atoms with Crippen molar-refractivity contribution in [3.05, 3.63) is 29.8 Å². The number of anilines is 1. The Morgan fingerprint density at radius 3 is 2.79 bits per heavy atom. The first-order valence-electron chi connectivity index (χ1n) is 7.81. The molecule has 2 aliphatic rings. The van der Waals surface area contributed by atoms with E-state index >= 15 is 0 Å². The third-order valence-electron chi connectivity index (χ3n) is 5.44.